The minimum atomic E-state index is -0.407. The molecule has 0 heterocycles. The molecule has 0 saturated carbocycles. The Hall–Kier alpha value is -2.27. The van der Waals surface area contributed by atoms with Crippen LogP contribution in [0.15, 0.2) is 53.4 Å². The van der Waals surface area contributed by atoms with Crippen LogP contribution >= 0.6 is 11.8 Å². The zero-order valence-electron chi connectivity index (χ0n) is 13.2. The van der Waals surface area contributed by atoms with Gasteiger partial charge in [-0.1, -0.05) is 30.3 Å². The van der Waals surface area contributed by atoms with Crippen LogP contribution in [0.3, 0.4) is 0 Å². The number of esters is 1. The molecule has 23 heavy (non-hydrogen) atoms. The molecular weight excluding hydrogens is 310 g/mol. The van der Waals surface area contributed by atoms with Gasteiger partial charge >= 0.3 is 5.97 Å². The van der Waals surface area contributed by atoms with E-state index in [0.29, 0.717) is 0 Å². The van der Waals surface area contributed by atoms with Crippen LogP contribution in [0.2, 0.25) is 0 Å². The quantitative estimate of drug-likeness (QED) is 0.650. The standard InChI is InChI=1S/C18H19NO3S/c1-13-8-9-14(2)16(10-13)19-17(20)11-22-18(21)12-23-15-6-4-3-5-7-15/h3-10H,11-12H2,1-2H3,(H,19,20). The van der Waals surface area contributed by atoms with Crippen LogP contribution in [0.1, 0.15) is 11.1 Å². The van der Waals surface area contributed by atoms with E-state index in [2.05, 4.69) is 5.32 Å². The van der Waals surface area contributed by atoms with Gasteiger partial charge in [0.2, 0.25) is 0 Å². The summed E-state index contributed by atoms with van der Waals surface area (Å²) in [6.45, 7) is 3.59. The molecule has 0 aromatic heterocycles. The Morgan fingerprint density at radius 2 is 1.83 bits per heavy atom. The van der Waals surface area contributed by atoms with Crippen molar-refractivity contribution < 1.29 is 14.3 Å². The molecule has 1 amide bonds. The molecule has 0 bridgehead atoms. The van der Waals surface area contributed by atoms with Crippen LogP contribution in [0.4, 0.5) is 5.69 Å². The highest BCUT2D eigenvalue weighted by molar-refractivity contribution is 8.00. The van der Waals surface area contributed by atoms with Crippen LogP contribution in [-0.2, 0) is 14.3 Å². The third-order valence-electron chi connectivity index (χ3n) is 3.13. The molecule has 2 rings (SSSR count). The van der Waals surface area contributed by atoms with Crippen LogP contribution in [0, 0.1) is 13.8 Å². The van der Waals surface area contributed by atoms with Gasteiger partial charge in [-0.25, -0.2) is 0 Å². The lowest BCUT2D eigenvalue weighted by Gasteiger charge is -2.09. The molecule has 0 aliphatic rings. The van der Waals surface area contributed by atoms with E-state index in [1.54, 1.807) is 0 Å². The van der Waals surface area contributed by atoms with Crippen molar-refractivity contribution in [2.24, 2.45) is 0 Å². The monoisotopic (exact) mass is 329 g/mol. The number of carbonyl (C=O) groups excluding carboxylic acids is 2. The van der Waals surface area contributed by atoms with Gasteiger partial charge < -0.3 is 10.1 Å². The van der Waals surface area contributed by atoms with Gasteiger partial charge in [0.25, 0.3) is 5.91 Å². The first kappa shape index (κ1) is 17.1. The summed E-state index contributed by atoms with van der Waals surface area (Å²) in [5.41, 5.74) is 2.77. The number of aryl methyl sites for hydroxylation is 2. The number of thioether (sulfide) groups is 1. The lowest BCUT2D eigenvalue weighted by molar-refractivity contribution is -0.144. The molecule has 0 aliphatic carbocycles. The highest BCUT2D eigenvalue weighted by Gasteiger charge is 2.09. The van der Waals surface area contributed by atoms with E-state index in [4.69, 9.17) is 4.74 Å². The maximum Gasteiger partial charge on any atom is 0.316 e. The van der Waals surface area contributed by atoms with Gasteiger partial charge in [0.15, 0.2) is 6.61 Å². The number of hydrogen-bond acceptors (Lipinski definition) is 4. The molecule has 0 fully saturated rings. The zero-order chi connectivity index (χ0) is 16.7. The number of ether oxygens (including phenoxy) is 1. The van der Waals surface area contributed by atoms with E-state index in [0.717, 1.165) is 21.7 Å². The lowest BCUT2D eigenvalue weighted by atomic mass is 10.1. The second-order valence-corrected chi connectivity index (χ2v) is 6.18. The first-order chi connectivity index (χ1) is 11.0. The van der Waals surface area contributed by atoms with E-state index in [-0.39, 0.29) is 18.3 Å². The molecule has 2 aromatic rings. The Labute approximate surface area is 140 Å². The average molecular weight is 329 g/mol. The molecule has 0 spiro atoms. The fraction of sp³-hybridized carbons (Fsp3) is 0.222. The van der Waals surface area contributed by atoms with Crippen molar-refractivity contribution >= 4 is 29.3 Å². The normalized spacial score (nSPS) is 10.2. The molecular formula is C18H19NO3S. The predicted octanol–water partition coefficient (Wildman–Crippen LogP) is 3.58. The topological polar surface area (TPSA) is 55.4 Å². The molecule has 120 valence electrons. The highest BCUT2D eigenvalue weighted by atomic mass is 32.2. The fourth-order valence-electron chi connectivity index (χ4n) is 1.90. The Bertz CT molecular complexity index is 686. The van der Waals surface area contributed by atoms with Gasteiger partial charge in [0.1, 0.15) is 0 Å². The van der Waals surface area contributed by atoms with Crippen LogP contribution in [-0.4, -0.2) is 24.2 Å². The highest BCUT2D eigenvalue weighted by Crippen LogP contribution is 2.17. The largest absolute Gasteiger partial charge is 0.455 e. The summed E-state index contributed by atoms with van der Waals surface area (Å²) in [6.07, 6.45) is 0. The lowest BCUT2D eigenvalue weighted by Crippen LogP contribution is -2.22. The number of benzene rings is 2. The molecule has 4 nitrogen and oxygen atoms in total. The molecule has 1 N–H and O–H groups in total. The molecule has 0 atom stereocenters. The van der Waals surface area contributed by atoms with E-state index in [1.807, 2.05) is 62.4 Å². The zero-order valence-corrected chi connectivity index (χ0v) is 14.0. The number of nitrogens with one attached hydrogen (secondary N) is 1. The smallest absolute Gasteiger partial charge is 0.316 e. The number of hydrogen-bond donors (Lipinski definition) is 1. The predicted molar refractivity (Wildman–Crippen MR) is 92.7 cm³/mol. The summed E-state index contributed by atoms with van der Waals surface area (Å²) in [5, 5.41) is 2.76. The van der Waals surface area contributed by atoms with Crippen molar-refractivity contribution in [2.75, 3.05) is 17.7 Å². The summed E-state index contributed by atoms with van der Waals surface area (Å²) in [4.78, 5) is 24.5. The first-order valence-electron chi connectivity index (χ1n) is 7.25. The molecule has 0 aliphatic heterocycles. The number of rotatable bonds is 6. The maximum atomic E-state index is 11.9. The van der Waals surface area contributed by atoms with Crippen molar-refractivity contribution in [1.29, 1.82) is 0 Å². The fourth-order valence-corrected chi connectivity index (χ4v) is 2.62. The number of amides is 1. The van der Waals surface area contributed by atoms with Gasteiger partial charge in [0, 0.05) is 10.6 Å². The maximum absolute atomic E-state index is 11.9. The Morgan fingerprint density at radius 3 is 2.57 bits per heavy atom. The van der Waals surface area contributed by atoms with Gasteiger partial charge in [-0.2, -0.15) is 0 Å². The molecule has 5 heteroatoms. The molecule has 0 saturated heterocycles. The van der Waals surface area contributed by atoms with Gasteiger partial charge in [-0.3, -0.25) is 9.59 Å². The summed E-state index contributed by atoms with van der Waals surface area (Å²) >= 11 is 1.38. The van der Waals surface area contributed by atoms with E-state index >= 15 is 0 Å². The van der Waals surface area contributed by atoms with Crippen molar-refractivity contribution in [3.05, 3.63) is 59.7 Å². The van der Waals surface area contributed by atoms with E-state index < -0.39 is 5.97 Å². The third-order valence-corrected chi connectivity index (χ3v) is 4.12. The third kappa shape index (κ3) is 5.79. The number of carbonyl (C=O) groups is 2. The Morgan fingerprint density at radius 1 is 1.09 bits per heavy atom. The van der Waals surface area contributed by atoms with E-state index in [1.165, 1.54) is 11.8 Å². The minimum absolute atomic E-state index is 0.181. The van der Waals surface area contributed by atoms with Gasteiger partial charge in [-0.05, 0) is 43.2 Å². The minimum Gasteiger partial charge on any atom is -0.455 e. The Kier molecular flexibility index (Phi) is 6.23. The van der Waals surface area contributed by atoms with Crippen molar-refractivity contribution in [2.45, 2.75) is 18.7 Å². The molecule has 0 unspecified atom stereocenters. The second-order valence-electron chi connectivity index (χ2n) is 5.13. The van der Waals surface area contributed by atoms with Gasteiger partial charge in [-0.15, -0.1) is 11.8 Å². The molecule has 0 radical (unpaired) electrons. The van der Waals surface area contributed by atoms with Crippen LogP contribution in [0.5, 0.6) is 0 Å². The van der Waals surface area contributed by atoms with Crippen molar-refractivity contribution in [3.8, 4) is 0 Å². The SMILES string of the molecule is Cc1ccc(C)c(NC(=O)COC(=O)CSc2ccccc2)c1. The van der Waals surface area contributed by atoms with Crippen LogP contribution in [0.25, 0.3) is 0 Å². The van der Waals surface area contributed by atoms with Crippen molar-refractivity contribution in [3.63, 3.8) is 0 Å². The summed E-state index contributed by atoms with van der Waals surface area (Å²) in [7, 11) is 0. The van der Waals surface area contributed by atoms with E-state index in [9.17, 15) is 9.59 Å². The summed E-state index contributed by atoms with van der Waals surface area (Å²) in [5.74, 6) is -0.562. The Balaban J connectivity index is 1.75. The van der Waals surface area contributed by atoms with Crippen molar-refractivity contribution in [1.82, 2.24) is 0 Å². The van der Waals surface area contributed by atoms with Gasteiger partial charge in [0.05, 0.1) is 5.75 Å². The second kappa shape index (κ2) is 8.39. The number of anilines is 1. The average Bonchev–Trinajstić information content (AvgIpc) is 2.55. The summed E-state index contributed by atoms with van der Waals surface area (Å²) < 4.78 is 5.00. The molecule has 2 aromatic carbocycles. The summed E-state index contributed by atoms with van der Waals surface area (Å²) in [6, 6.07) is 15.4. The van der Waals surface area contributed by atoms with Crippen LogP contribution < -0.4 is 5.32 Å². The first-order valence-corrected chi connectivity index (χ1v) is 8.24.